The molecule has 0 saturated carbocycles. The van der Waals surface area contributed by atoms with E-state index in [1.165, 1.54) is 5.56 Å². The van der Waals surface area contributed by atoms with Crippen LogP contribution in [0.4, 0.5) is 0 Å². The van der Waals surface area contributed by atoms with Crippen LogP contribution < -0.4 is 0 Å². The van der Waals surface area contributed by atoms with Crippen molar-refractivity contribution in [1.82, 2.24) is 14.7 Å². The molecule has 0 aliphatic carbocycles. The van der Waals surface area contributed by atoms with Crippen LogP contribution >= 0.6 is 0 Å². The van der Waals surface area contributed by atoms with Crippen molar-refractivity contribution < 1.29 is 14.3 Å². The summed E-state index contributed by atoms with van der Waals surface area (Å²) in [6.07, 6.45) is 1.44. The number of aromatic nitrogens is 2. The van der Waals surface area contributed by atoms with E-state index in [1.807, 2.05) is 55.5 Å². The van der Waals surface area contributed by atoms with E-state index in [4.69, 9.17) is 9.47 Å². The van der Waals surface area contributed by atoms with Gasteiger partial charge in [0.1, 0.15) is 18.3 Å². The first-order chi connectivity index (χ1) is 14.2. The number of rotatable bonds is 6. The number of benzene rings is 2. The summed E-state index contributed by atoms with van der Waals surface area (Å²) in [4.78, 5) is 14.9. The first-order valence-corrected chi connectivity index (χ1v) is 9.86. The van der Waals surface area contributed by atoms with Crippen molar-refractivity contribution in [2.24, 2.45) is 0 Å². The molecule has 1 aromatic heterocycles. The number of nitrogens with zero attached hydrogens (tertiary/aromatic N) is 3. The van der Waals surface area contributed by atoms with Crippen LogP contribution in [0.1, 0.15) is 21.6 Å². The Balaban J connectivity index is 1.33. The van der Waals surface area contributed by atoms with Crippen LogP contribution in [-0.4, -0.2) is 53.1 Å². The Morgan fingerprint density at radius 1 is 1.14 bits per heavy atom. The predicted molar refractivity (Wildman–Crippen MR) is 110 cm³/mol. The SMILES string of the molecule is Cc1c(C(=O)OCC2CN(Cc3ccccc3)CCO2)cnn1-c1ccccc1. The maximum atomic E-state index is 12.6. The van der Waals surface area contributed by atoms with Crippen molar-refractivity contribution in [3.63, 3.8) is 0 Å². The molecule has 2 aromatic carbocycles. The molecule has 1 aliphatic heterocycles. The van der Waals surface area contributed by atoms with Gasteiger partial charge in [-0.15, -0.1) is 0 Å². The van der Waals surface area contributed by atoms with Crippen LogP contribution in [0.5, 0.6) is 0 Å². The Kier molecular flexibility index (Phi) is 6.03. The highest BCUT2D eigenvalue weighted by Gasteiger charge is 2.23. The summed E-state index contributed by atoms with van der Waals surface area (Å²) in [7, 11) is 0. The number of hydrogen-bond acceptors (Lipinski definition) is 5. The van der Waals surface area contributed by atoms with E-state index < -0.39 is 0 Å². The molecule has 6 nitrogen and oxygen atoms in total. The zero-order valence-corrected chi connectivity index (χ0v) is 16.5. The van der Waals surface area contributed by atoms with Gasteiger partial charge in [0.2, 0.25) is 0 Å². The van der Waals surface area contributed by atoms with Crippen molar-refractivity contribution in [3.05, 3.63) is 83.7 Å². The van der Waals surface area contributed by atoms with Crippen LogP contribution in [0.25, 0.3) is 5.69 Å². The van der Waals surface area contributed by atoms with Gasteiger partial charge in [0.15, 0.2) is 0 Å². The zero-order valence-electron chi connectivity index (χ0n) is 16.5. The van der Waals surface area contributed by atoms with Crippen LogP contribution in [0.15, 0.2) is 66.9 Å². The largest absolute Gasteiger partial charge is 0.459 e. The standard InChI is InChI=1S/C23H25N3O3/c1-18-22(14-24-26(18)20-10-6-3-7-11-20)23(27)29-17-21-16-25(12-13-28-21)15-19-8-4-2-5-9-19/h2-11,14,21H,12-13,15-17H2,1H3. The number of esters is 1. The van der Waals surface area contributed by atoms with Gasteiger partial charge >= 0.3 is 5.97 Å². The molecule has 0 radical (unpaired) electrons. The Bertz CT molecular complexity index is 941. The molecule has 150 valence electrons. The molecule has 1 saturated heterocycles. The van der Waals surface area contributed by atoms with E-state index in [0.29, 0.717) is 12.2 Å². The smallest absolute Gasteiger partial charge is 0.341 e. The number of ether oxygens (including phenoxy) is 2. The number of morpholine rings is 1. The summed E-state index contributed by atoms with van der Waals surface area (Å²) >= 11 is 0. The third-order valence-corrected chi connectivity index (χ3v) is 5.10. The van der Waals surface area contributed by atoms with E-state index >= 15 is 0 Å². The second-order valence-electron chi connectivity index (χ2n) is 7.20. The van der Waals surface area contributed by atoms with E-state index in [1.54, 1.807) is 10.9 Å². The van der Waals surface area contributed by atoms with E-state index in [0.717, 1.165) is 31.0 Å². The fourth-order valence-electron chi connectivity index (χ4n) is 3.55. The van der Waals surface area contributed by atoms with Gasteiger partial charge in [-0.05, 0) is 24.6 Å². The zero-order chi connectivity index (χ0) is 20.1. The molecule has 0 N–H and O–H groups in total. The third kappa shape index (κ3) is 4.72. The average molecular weight is 391 g/mol. The molecule has 1 aliphatic rings. The molecule has 6 heteroatoms. The number of carbonyl (C=O) groups excluding carboxylic acids is 1. The van der Waals surface area contributed by atoms with Gasteiger partial charge in [0, 0.05) is 19.6 Å². The Morgan fingerprint density at radius 3 is 2.62 bits per heavy atom. The molecule has 2 heterocycles. The minimum absolute atomic E-state index is 0.124. The minimum atomic E-state index is -0.367. The molecule has 1 unspecified atom stereocenters. The molecular weight excluding hydrogens is 366 g/mol. The number of para-hydroxylation sites is 1. The molecule has 1 atom stereocenters. The fourth-order valence-corrected chi connectivity index (χ4v) is 3.55. The lowest BCUT2D eigenvalue weighted by molar-refractivity contribution is -0.0612. The van der Waals surface area contributed by atoms with E-state index in [2.05, 4.69) is 22.1 Å². The van der Waals surface area contributed by atoms with E-state index in [-0.39, 0.29) is 18.7 Å². The Hall–Kier alpha value is -2.96. The first-order valence-electron chi connectivity index (χ1n) is 9.86. The van der Waals surface area contributed by atoms with Crippen molar-refractivity contribution >= 4 is 5.97 Å². The monoisotopic (exact) mass is 391 g/mol. The highest BCUT2D eigenvalue weighted by atomic mass is 16.6. The molecule has 0 amide bonds. The topological polar surface area (TPSA) is 56.6 Å². The Morgan fingerprint density at radius 2 is 1.86 bits per heavy atom. The van der Waals surface area contributed by atoms with Gasteiger partial charge < -0.3 is 9.47 Å². The second-order valence-corrected chi connectivity index (χ2v) is 7.20. The molecule has 29 heavy (non-hydrogen) atoms. The van der Waals surface area contributed by atoms with Crippen LogP contribution in [-0.2, 0) is 16.0 Å². The summed E-state index contributed by atoms with van der Waals surface area (Å²) in [5.74, 6) is -0.367. The molecule has 0 spiro atoms. The number of hydrogen-bond donors (Lipinski definition) is 0. The van der Waals surface area contributed by atoms with Gasteiger partial charge in [-0.25, -0.2) is 9.48 Å². The average Bonchev–Trinajstić information content (AvgIpc) is 3.15. The van der Waals surface area contributed by atoms with Gasteiger partial charge in [-0.3, -0.25) is 4.90 Å². The summed E-state index contributed by atoms with van der Waals surface area (Å²) < 4.78 is 13.1. The van der Waals surface area contributed by atoms with Crippen molar-refractivity contribution in [1.29, 1.82) is 0 Å². The lowest BCUT2D eigenvalue weighted by atomic mass is 10.2. The van der Waals surface area contributed by atoms with Crippen LogP contribution in [0.3, 0.4) is 0 Å². The number of carbonyl (C=O) groups is 1. The van der Waals surface area contributed by atoms with Crippen molar-refractivity contribution in [2.45, 2.75) is 19.6 Å². The summed E-state index contributed by atoms with van der Waals surface area (Å²) in [6, 6.07) is 20.1. The lowest BCUT2D eigenvalue weighted by Gasteiger charge is -2.32. The highest BCUT2D eigenvalue weighted by Crippen LogP contribution is 2.16. The second kappa shape index (κ2) is 9.03. The predicted octanol–water partition coefficient (Wildman–Crippen LogP) is 3.24. The third-order valence-electron chi connectivity index (χ3n) is 5.10. The van der Waals surface area contributed by atoms with Gasteiger partial charge in [0.25, 0.3) is 0 Å². The molecule has 0 bridgehead atoms. The quantitative estimate of drug-likeness (QED) is 0.604. The van der Waals surface area contributed by atoms with Gasteiger partial charge in [-0.1, -0.05) is 48.5 Å². The highest BCUT2D eigenvalue weighted by molar-refractivity contribution is 5.90. The summed E-state index contributed by atoms with van der Waals surface area (Å²) in [6.45, 7) is 5.24. The van der Waals surface area contributed by atoms with Crippen molar-refractivity contribution in [2.75, 3.05) is 26.3 Å². The molecular formula is C23H25N3O3. The van der Waals surface area contributed by atoms with Crippen LogP contribution in [0, 0.1) is 6.92 Å². The fraction of sp³-hybridized carbons (Fsp3) is 0.304. The van der Waals surface area contributed by atoms with Crippen molar-refractivity contribution in [3.8, 4) is 5.69 Å². The minimum Gasteiger partial charge on any atom is -0.459 e. The first kappa shape index (κ1) is 19.4. The summed E-state index contributed by atoms with van der Waals surface area (Å²) in [5.41, 5.74) is 3.42. The van der Waals surface area contributed by atoms with Gasteiger partial charge in [-0.2, -0.15) is 5.10 Å². The molecule has 1 fully saturated rings. The maximum Gasteiger partial charge on any atom is 0.341 e. The Labute approximate surface area is 170 Å². The van der Waals surface area contributed by atoms with Gasteiger partial charge in [0.05, 0.1) is 24.2 Å². The normalized spacial score (nSPS) is 17.2. The summed E-state index contributed by atoms with van der Waals surface area (Å²) in [5, 5.41) is 4.34. The lowest BCUT2D eigenvalue weighted by Crippen LogP contribution is -2.44. The molecule has 4 rings (SSSR count). The maximum absolute atomic E-state index is 12.6. The van der Waals surface area contributed by atoms with E-state index in [9.17, 15) is 4.79 Å². The molecule has 3 aromatic rings. The van der Waals surface area contributed by atoms with Crippen LogP contribution in [0.2, 0.25) is 0 Å².